The van der Waals surface area contributed by atoms with Crippen LogP contribution in [-0.2, 0) is 0 Å². The quantitative estimate of drug-likeness (QED) is 0.361. The lowest BCUT2D eigenvalue weighted by Gasteiger charge is -2.35. The molecule has 26 heavy (non-hydrogen) atoms. The number of nitrogens with zero attached hydrogens (tertiary/aromatic N) is 2. The van der Waals surface area contributed by atoms with Crippen LogP contribution in [0.1, 0.15) is 40.5 Å². The van der Waals surface area contributed by atoms with Crippen molar-refractivity contribution in [3.63, 3.8) is 0 Å². The van der Waals surface area contributed by atoms with Crippen LogP contribution in [0, 0.1) is 0 Å². The lowest BCUT2D eigenvalue weighted by molar-refractivity contribution is 0.167. The molecule has 0 bridgehead atoms. The van der Waals surface area contributed by atoms with Crippen molar-refractivity contribution in [1.82, 2.24) is 15.5 Å². The number of rotatable bonds is 7. The number of para-hydroxylation sites is 1. The molecule has 1 aromatic carbocycles. The fourth-order valence-corrected chi connectivity index (χ4v) is 3.06. The molecule has 1 unspecified atom stereocenters. The average Bonchev–Trinajstić information content (AvgIpc) is 2.61. The van der Waals surface area contributed by atoms with Gasteiger partial charge in [0.1, 0.15) is 11.9 Å². The first-order chi connectivity index (χ1) is 12.1. The number of ether oxygens (including phenoxy) is 1. The maximum absolute atomic E-state index is 5.90. The van der Waals surface area contributed by atoms with Gasteiger partial charge in [0, 0.05) is 31.7 Å². The molecule has 6 heteroatoms. The summed E-state index contributed by atoms with van der Waals surface area (Å²) >= 11 is 0. The number of hydrogen-bond donors (Lipinski definition) is 2. The molecule has 5 nitrogen and oxygen atoms in total. The second kappa shape index (κ2) is 12.4. The molecule has 1 heterocycles. The first-order valence-corrected chi connectivity index (χ1v) is 9.59. The van der Waals surface area contributed by atoms with Crippen molar-refractivity contribution in [2.24, 2.45) is 4.99 Å². The van der Waals surface area contributed by atoms with E-state index in [9.17, 15) is 0 Å². The SMILES string of the molecule is CCNC(=NCC(C)Oc1ccccc1)NC1CCN(C(C)C)CC1.I. The smallest absolute Gasteiger partial charge is 0.191 e. The van der Waals surface area contributed by atoms with Crippen LogP contribution < -0.4 is 15.4 Å². The van der Waals surface area contributed by atoms with Gasteiger partial charge in [0.05, 0.1) is 6.54 Å². The van der Waals surface area contributed by atoms with Gasteiger partial charge >= 0.3 is 0 Å². The summed E-state index contributed by atoms with van der Waals surface area (Å²) in [5, 5.41) is 6.95. The minimum absolute atomic E-state index is 0. The molecule has 1 fully saturated rings. The number of aliphatic imine (C=N–C) groups is 1. The van der Waals surface area contributed by atoms with E-state index in [0.717, 1.165) is 31.3 Å². The van der Waals surface area contributed by atoms with Crippen LogP contribution >= 0.6 is 24.0 Å². The molecule has 2 N–H and O–H groups in total. The Morgan fingerprint density at radius 2 is 1.85 bits per heavy atom. The van der Waals surface area contributed by atoms with Gasteiger partial charge in [-0.05, 0) is 52.7 Å². The topological polar surface area (TPSA) is 48.9 Å². The largest absolute Gasteiger partial charge is 0.489 e. The van der Waals surface area contributed by atoms with Crippen molar-refractivity contribution in [1.29, 1.82) is 0 Å². The first kappa shape index (κ1) is 23.0. The van der Waals surface area contributed by atoms with Crippen molar-refractivity contribution in [3.05, 3.63) is 30.3 Å². The molecular weight excluding hydrogens is 439 g/mol. The highest BCUT2D eigenvalue weighted by Gasteiger charge is 2.21. The van der Waals surface area contributed by atoms with Crippen molar-refractivity contribution >= 4 is 29.9 Å². The van der Waals surface area contributed by atoms with Crippen LogP contribution in [0.15, 0.2) is 35.3 Å². The molecule has 0 saturated carbocycles. The second-order valence-corrected chi connectivity index (χ2v) is 7.01. The molecule has 1 saturated heterocycles. The zero-order chi connectivity index (χ0) is 18.1. The summed E-state index contributed by atoms with van der Waals surface area (Å²) in [6.07, 6.45) is 2.37. The van der Waals surface area contributed by atoms with E-state index in [-0.39, 0.29) is 30.1 Å². The minimum atomic E-state index is 0. The molecule has 0 spiro atoms. The van der Waals surface area contributed by atoms with Crippen LogP contribution in [0.5, 0.6) is 5.75 Å². The van der Waals surface area contributed by atoms with Gasteiger partial charge in [0.25, 0.3) is 0 Å². The number of likely N-dealkylation sites (tertiary alicyclic amines) is 1. The van der Waals surface area contributed by atoms with E-state index in [1.807, 2.05) is 30.3 Å². The first-order valence-electron chi connectivity index (χ1n) is 9.59. The molecule has 0 aromatic heterocycles. The molecule has 0 radical (unpaired) electrons. The highest BCUT2D eigenvalue weighted by molar-refractivity contribution is 14.0. The molecule has 1 aliphatic heterocycles. The monoisotopic (exact) mass is 474 g/mol. The van der Waals surface area contributed by atoms with Crippen molar-refractivity contribution in [2.45, 2.75) is 58.7 Å². The molecule has 148 valence electrons. The third-order valence-corrected chi connectivity index (χ3v) is 4.53. The van der Waals surface area contributed by atoms with Crippen LogP contribution in [-0.4, -0.2) is 55.2 Å². The number of piperidine rings is 1. The molecular formula is C20H35IN4O. The Hall–Kier alpha value is -1.02. The number of halogens is 1. The highest BCUT2D eigenvalue weighted by atomic mass is 127. The van der Waals surface area contributed by atoms with E-state index in [0.29, 0.717) is 18.6 Å². The average molecular weight is 474 g/mol. The Balaban J connectivity index is 0.00000338. The number of nitrogens with one attached hydrogen (secondary N) is 2. The van der Waals surface area contributed by atoms with Gasteiger partial charge in [-0.25, -0.2) is 4.99 Å². The van der Waals surface area contributed by atoms with Gasteiger partial charge in [0.15, 0.2) is 5.96 Å². The van der Waals surface area contributed by atoms with Gasteiger partial charge < -0.3 is 20.3 Å². The van der Waals surface area contributed by atoms with Crippen molar-refractivity contribution in [2.75, 3.05) is 26.2 Å². The fourth-order valence-electron chi connectivity index (χ4n) is 3.06. The number of benzene rings is 1. The Morgan fingerprint density at radius 1 is 1.19 bits per heavy atom. The Bertz CT molecular complexity index is 516. The number of hydrogen-bond acceptors (Lipinski definition) is 3. The van der Waals surface area contributed by atoms with Gasteiger partial charge in [-0.15, -0.1) is 24.0 Å². The Labute approximate surface area is 176 Å². The van der Waals surface area contributed by atoms with Gasteiger partial charge in [-0.1, -0.05) is 18.2 Å². The summed E-state index contributed by atoms with van der Waals surface area (Å²) in [6.45, 7) is 12.5. The summed E-state index contributed by atoms with van der Waals surface area (Å²) < 4.78 is 5.90. The van der Waals surface area contributed by atoms with Crippen LogP contribution in [0.3, 0.4) is 0 Å². The predicted molar refractivity (Wildman–Crippen MR) is 121 cm³/mol. The fraction of sp³-hybridized carbons (Fsp3) is 0.650. The molecule has 0 aliphatic carbocycles. The molecule has 1 aliphatic rings. The van der Waals surface area contributed by atoms with E-state index < -0.39 is 0 Å². The molecule has 1 aromatic rings. The summed E-state index contributed by atoms with van der Waals surface area (Å²) in [7, 11) is 0. The van der Waals surface area contributed by atoms with Crippen molar-refractivity contribution in [3.8, 4) is 5.75 Å². The number of guanidine groups is 1. The van der Waals surface area contributed by atoms with Crippen LogP contribution in [0.4, 0.5) is 0 Å². The summed E-state index contributed by atoms with van der Waals surface area (Å²) in [5.41, 5.74) is 0. The zero-order valence-corrected chi connectivity index (χ0v) is 18.9. The van der Waals surface area contributed by atoms with Crippen molar-refractivity contribution < 1.29 is 4.74 Å². The standard InChI is InChI=1S/C20H34N4O.HI/c1-5-21-20(23-18-11-13-24(14-12-18)16(2)3)22-15-17(4)25-19-9-7-6-8-10-19;/h6-10,16-18H,5,11-15H2,1-4H3,(H2,21,22,23);1H. The summed E-state index contributed by atoms with van der Waals surface area (Å²) in [6, 6.07) is 11.1. The van der Waals surface area contributed by atoms with Crippen LogP contribution in [0.2, 0.25) is 0 Å². The molecule has 0 amide bonds. The van der Waals surface area contributed by atoms with Gasteiger partial charge in [-0.3, -0.25) is 0 Å². The maximum Gasteiger partial charge on any atom is 0.191 e. The minimum Gasteiger partial charge on any atom is -0.489 e. The van der Waals surface area contributed by atoms with E-state index >= 15 is 0 Å². The van der Waals surface area contributed by atoms with E-state index in [4.69, 9.17) is 9.73 Å². The van der Waals surface area contributed by atoms with Gasteiger partial charge in [-0.2, -0.15) is 0 Å². The molecule has 1 atom stereocenters. The van der Waals surface area contributed by atoms with Gasteiger partial charge in [0.2, 0.25) is 0 Å². The third-order valence-electron chi connectivity index (χ3n) is 4.53. The summed E-state index contributed by atoms with van der Waals surface area (Å²) in [4.78, 5) is 7.25. The highest BCUT2D eigenvalue weighted by Crippen LogP contribution is 2.13. The summed E-state index contributed by atoms with van der Waals surface area (Å²) in [5.74, 6) is 1.79. The Morgan fingerprint density at radius 3 is 2.42 bits per heavy atom. The second-order valence-electron chi connectivity index (χ2n) is 7.01. The normalized spacial score (nSPS) is 17.5. The molecule has 2 rings (SSSR count). The van der Waals surface area contributed by atoms with E-state index in [2.05, 4.69) is 43.2 Å². The lowest BCUT2D eigenvalue weighted by atomic mass is 10.0. The zero-order valence-electron chi connectivity index (χ0n) is 16.6. The lowest BCUT2D eigenvalue weighted by Crippen LogP contribution is -2.50. The van der Waals surface area contributed by atoms with E-state index in [1.54, 1.807) is 0 Å². The van der Waals surface area contributed by atoms with E-state index in [1.165, 1.54) is 12.8 Å². The Kier molecular flexibility index (Phi) is 11.0. The third kappa shape index (κ3) is 8.12. The predicted octanol–water partition coefficient (Wildman–Crippen LogP) is 3.50. The van der Waals surface area contributed by atoms with Crippen LogP contribution in [0.25, 0.3) is 0 Å². The maximum atomic E-state index is 5.90.